The highest BCUT2D eigenvalue weighted by Gasteiger charge is 2.01. The summed E-state index contributed by atoms with van der Waals surface area (Å²) in [6.07, 6.45) is 7.09. The Morgan fingerprint density at radius 3 is 2.83 bits per heavy atom. The Hall–Kier alpha value is -1.60. The van der Waals surface area contributed by atoms with Gasteiger partial charge in [-0.25, -0.2) is 0 Å². The van der Waals surface area contributed by atoms with E-state index in [2.05, 4.69) is 45.8 Å². The molecule has 0 aliphatic carbocycles. The van der Waals surface area contributed by atoms with Gasteiger partial charge in [-0.05, 0) is 38.8 Å². The molecule has 1 heterocycles. The molecule has 2 N–H and O–H groups in total. The van der Waals surface area contributed by atoms with Gasteiger partial charge in [0.2, 0.25) is 0 Å². The summed E-state index contributed by atoms with van der Waals surface area (Å²) in [6.45, 7) is 7.52. The summed E-state index contributed by atoms with van der Waals surface area (Å²) < 4.78 is 6.92. The number of ether oxygens (including phenoxy) is 1. The first kappa shape index (κ1) is 20.4. The molecule has 0 radical (unpaired) electrons. The molecule has 138 valence electrons. The Labute approximate surface area is 146 Å². The monoisotopic (exact) mass is 338 g/mol. The van der Waals surface area contributed by atoms with Crippen LogP contribution in [-0.2, 0) is 18.2 Å². The van der Waals surface area contributed by atoms with Gasteiger partial charge >= 0.3 is 0 Å². The van der Waals surface area contributed by atoms with E-state index in [9.17, 15) is 0 Å². The van der Waals surface area contributed by atoms with Gasteiger partial charge in [0.1, 0.15) is 0 Å². The van der Waals surface area contributed by atoms with Crippen molar-refractivity contribution in [3.63, 3.8) is 0 Å². The Morgan fingerprint density at radius 2 is 2.17 bits per heavy atom. The average molecular weight is 339 g/mol. The molecular formula is C17H34N6O. The normalized spacial score (nSPS) is 12.0. The van der Waals surface area contributed by atoms with E-state index in [0.29, 0.717) is 0 Å². The van der Waals surface area contributed by atoms with E-state index in [0.717, 1.165) is 64.6 Å². The summed E-state index contributed by atoms with van der Waals surface area (Å²) >= 11 is 0. The van der Waals surface area contributed by atoms with Crippen molar-refractivity contribution in [2.45, 2.75) is 26.2 Å². The highest BCUT2D eigenvalue weighted by Crippen LogP contribution is 2.00. The van der Waals surface area contributed by atoms with Gasteiger partial charge in [-0.2, -0.15) is 5.10 Å². The van der Waals surface area contributed by atoms with E-state index in [-0.39, 0.29) is 0 Å². The van der Waals surface area contributed by atoms with Crippen LogP contribution in [0.25, 0.3) is 0 Å². The Bertz CT molecular complexity index is 460. The smallest absolute Gasteiger partial charge is 0.191 e. The fourth-order valence-electron chi connectivity index (χ4n) is 2.37. The van der Waals surface area contributed by atoms with Gasteiger partial charge in [0.25, 0.3) is 0 Å². The number of aryl methyl sites for hydroxylation is 2. The molecule has 0 saturated heterocycles. The zero-order chi connectivity index (χ0) is 17.6. The maximum Gasteiger partial charge on any atom is 0.191 e. The molecule has 0 atom stereocenters. The predicted molar refractivity (Wildman–Crippen MR) is 99.5 cm³/mol. The van der Waals surface area contributed by atoms with Crippen LogP contribution in [0.5, 0.6) is 0 Å². The molecule has 1 aromatic rings. The van der Waals surface area contributed by atoms with E-state index in [1.54, 1.807) is 7.11 Å². The van der Waals surface area contributed by atoms with Gasteiger partial charge < -0.3 is 20.3 Å². The van der Waals surface area contributed by atoms with Gasteiger partial charge in [-0.3, -0.25) is 9.67 Å². The third-order valence-corrected chi connectivity index (χ3v) is 3.67. The van der Waals surface area contributed by atoms with E-state index in [4.69, 9.17) is 4.74 Å². The molecule has 0 aliphatic heterocycles. The number of likely N-dealkylation sites (N-methyl/N-ethyl adjacent to an activating group) is 1. The molecule has 0 fully saturated rings. The van der Waals surface area contributed by atoms with Crippen molar-refractivity contribution in [2.24, 2.45) is 12.0 Å². The second kappa shape index (κ2) is 12.8. The minimum Gasteiger partial charge on any atom is -0.385 e. The SMILES string of the molecule is CCNC(=NCCCc1cnn(C)c1)NCCN(C)CCCOC. The predicted octanol–water partition coefficient (Wildman–Crippen LogP) is 0.876. The van der Waals surface area contributed by atoms with Gasteiger partial charge in [-0.1, -0.05) is 0 Å². The number of hydrogen-bond donors (Lipinski definition) is 2. The van der Waals surface area contributed by atoms with Gasteiger partial charge in [-0.15, -0.1) is 0 Å². The summed E-state index contributed by atoms with van der Waals surface area (Å²) in [5.41, 5.74) is 1.27. The number of hydrogen-bond acceptors (Lipinski definition) is 4. The first-order valence-electron chi connectivity index (χ1n) is 8.83. The first-order chi connectivity index (χ1) is 11.7. The van der Waals surface area contributed by atoms with E-state index in [1.807, 2.05) is 17.9 Å². The number of rotatable bonds is 12. The second-order valence-electron chi connectivity index (χ2n) is 5.96. The molecular weight excluding hydrogens is 304 g/mol. The minimum atomic E-state index is 0.813. The Kier molecular flexibility index (Phi) is 10.9. The van der Waals surface area contributed by atoms with Crippen molar-refractivity contribution in [1.82, 2.24) is 25.3 Å². The van der Waals surface area contributed by atoms with Gasteiger partial charge in [0.05, 0.1) is 6.20 Å². The largest absolute Gasteiger partial charge is 0.385 e. The molecule has 1 rings (SSSR count). The van der Waals surface area contributed by atoms with E-state index >= 15 is 0 Å². The third kappa shape index (κ3) is 9.52. The Morgan fingerprint density at radius 1 is 1.33 bits per heavy atom. The number of guanidine groups is 1. The molecule has 7 heteroatoms. The van der Waals surface area contributed by atoms with E-state index < -0.39 is 0 Å². The number of nitrogens with one attached hydrogen (secondary N) is 2. The molecule has 0 unspecified atom stereocenters. The zero-order valence-electron chi connectivity index (χ0n) is 15.7. The minimum absolute atomic E-state index is 0.813. The van der Waals surface area contributed by atoms with Crippen LogP contribution in [0.4, 0.5) is 0 Å². The van der Waals surface area contributed by atoms with Crippen LogP contribution < -0.4 is 10.6 Å². The van der Waals surface area contributed by atoms with Crippen molar-refractivity contribution in [3.8, 4) is 0 Å². The molecule has 0 aromatic carbocycles. The van der Waals surface area contributed by atoms with Crippen LogP contribution in [0.2, 0.25) is 0 Å². The number of nitrogens with zero attached hydrogens (tertiary/aromatic N) is 4. The van der Waals surface area contributed by atoms with Crippen LogP contribution in [0.3, 0.4) is 0 Å². The highest BCUT2D eigenvalue weighted by atomic mass is 16.5. The van der Waals surface area contributed by atoms with E-state index in [1.165, 1.54) is 5.56 Å². The van der Waals surface area contributed by atoms with Crippen LogP contribution in [-0.4, -0.2) is 74.1 Å². The third-order valence-electron chi connectivity index (χ3n) is 3.67. The maximum atomic E-state index is 5.08. The molecule has 0 aliphatic rings. The maximum absolute atomic E-state index is 5.08. The summed E-state index contributed by atoms with van der Waals surface area (Å²) in [5.74, 6) is 0.897. The second-order valence-corrected chi connectivity index (χ2v) is 5.96. The fourth-order valence-corrected chi connectivity index (χ4v) is 2.37. The molecule has 0 saturated carbocycles. The molecule has 0 spiro atoms. The lowest BCUT2D eigenvalue weighted by Gasteiger charge is -2.18. The fraction of sp³-hybridized carbons (Fsp3) is 0.765. The lowest BCUT2D eigenvalue weighted by atomic mass is 10.2. The van der Waals surface area contributed by atoms with Crippen molar-refractivity contribution in [2.75, 3.05) is 53.5 Å². The topological polar surface area (TPSA) is 66.7 Å². The Balaban J connectivity index is 2.21. The van der Waals surface area contributed by atoms with Crippen LogP contribution in [0.15, 0.2) is 17.4 Å². The quantitative estimate of drug-likeness (QED) is 0.336. The van der Waals surface area contributed by atoms with Crippen molar-refractivity contribution in [3.05, 3.63) is 18.0 Å². The van der Waals surface area contributed by atoms with Crippen molar-refractivity contribution in [1.29, 1.82) is 0 Å². The van der Waals surface area contributed by atoms with Gasteiger partial charge in [0.15, 0.2) is 5.96 Å². The van der Waals surface area contributed by atoms with Gasteiger partial charge in [0, 0.05) is 59.7 Å². The number of aromatic nitrogens is 2. The summed E-state index contributed by atoms with van der Waals surface area (Å²) in [5, 5.41) is 10.9. The molecule has 0 amide bonds. The summed E-state index contributed by atoms with van der Waals surface area (Å²) in [7, 11) is 5.82. The van der Waals surface area contributed by atoms with Crippen molar-refractivity contribution < 1.29 is 4.74 Å². The highest BCUT2D eigenvalue weighted by molar-refractivity contribution is 5.79. The molecule has 1 aromatic heterocycles. The van der Waals surface area contributed by atoms with Crippen LogP contribution in [0, 0.1) is 0 Å². The van der Waals surface area contributed by atoms with Crippen LogP contribution in [0.1, 0.15) is 25.3 Å². The molecule has 0 bridgehead atoms. The number of methoxy groups -OCH3 is 1. The zero-order valence-corrected chi connectivity index (χ0v) is 15.7. The summed E-state index contributed by atoms with van der Waals surface area (Å²) in [4.78, 5) is 6.94. The average Bonchev–Trinajstić information content (AvgIpc) is 2.97. The lowest BCUT2D eigenvalue weighted by molar-refractivity contribution is 0.180. The number of aliphatic imine (C=N–C) groups is 1. The molecule has 7 nitrogen and oxygen atoms in total. The summed E-state index contributed by atoms with van der Waals surface area (Å²) in [6, 6.07) is 0. The first-order valence-corrected chi connectivity index (χ1v) is 8.83. The lowest BCUT2D eigenvalue weighted by Crippen LogP contribution is -2.41. The van der Waals surface area contributed by atoms with Crippen LogP contribution >= 0.6 is 0 Å². The van der Waals surface area contributed by atoms with Crippen molar-refractivity contribution >= 4 is 5.96 Å². The standard InChI is InChI=1S/C17H34N6O/c1-5-18-17(20-10-12-22(2)11-7-13-24-4)19-9-6-8-16-14-21-23(3)15-16/h14-15H,5-13H2,1-4H3,(H2,18,19,20). The molecule has 24 heavy (non-hydrogen) atoms.